The van der Waals surface area contributed by atoms with Gasteiger partial charge < -0.3 is 4.79 Å². The summed E-state index contributed by atoms with van der Waals surface area (Å²) in [5.41, 5.74) is 3.48. The number of benzene rings is 1. The van der Waals surface area contributed by atoms with Crippen LogP contribution in [0.5, 0.6) is 0 Å². The third-order valence-electron chi connectivity index (χ3n) is 2.50. The minimum absolute atomic E-state index is 0.0342. The molecule has 1 unspecified atom stereocenters. The summed E-state index contributed by atoms with van der Waals surface area (Å²) in [5.74, 6) is 0.482. The van der Waals surface area contributed by atoms with Crippen molar-refractivity contribution in [2.24, 2.45) is 0 Å². The molecule has 0 aliphatic heterocycles. The van der Waals surface area contributed by atoms with Crippen molar-refractivity contribution in [1.29, 1.82) is 0 Å². The Labute approximate surface area is 90.1 Å². The van der Waals surface area contributed by atoms with E-state index in [2.05, 4.69) is 6.92 Å². The van der Waals surface area contributed by atoms with Crippen LogP contribution in [0.15, 0.2) is 18.2 Å². The molecule has 1 rings (SSSR count). The fourth-order valence-corrected chi connectivity index (χ4v) is 1.96. The summed E-state index contributed by atoms with van der Waals surface area (Å²) in [6, 6.07) is 5.99. The van der Waals surface area contributed by atoms with Gasteiger partial charge in [0.15, 0.2) is 0 Å². The average molecular weight is 211 g/mol. The molecule has 0 heterocycles. The number of hydrogen-bond donors (Lipinski definition) is 0. The molecule has 0 saturated carbocycles. The van der Waals surface area contributed by atoms with Gasteiger partial charge in [0.2, 0.25) is 0 Å². The summed E-state index contributed by atoms with van der Waals surface area (Å²) in [5, 5.41) is 0. The first kappa shape index (κ1) is 11.3. The van der Waals surface area contributed by atoms with E-state index in [1.165, 1.54) is 5.56 Å². The number of halogens is 1. The first-order chi connectivity index (χ1) is 6.74. The van der Waals surface area contributed by atoms with E-state index in [0.29, 0.717) is 5.88 Å². The molecule has 1 nitrogen and oxygen atoms in total. The summed E-state index contributed by atoms with van der Waals surface area (Å²) in [7, 11) is 0. The van der Waals surface area contributed by atoms with Gasteiger partial charge >= 0.3 is 0 Å². The van der Waals surface area contributed by atoms with E-state index in [-0.39, 0.29) is 5.92 Å². The Hall–Kier alpha value is -0.820. The molecule has 0 spiro atoms. The van der Waals surface area contributed by atoms with Crippen LogP contribution in [-0.4, -0.2) is 6.29 Å². The van der Waals surface area contributed by atoms with Gasteiger partial charge in [-0.1, -0.05) is 32.0 Å². The standard InChI is InChI=1S/C12H15ClO/c1-3-11-10(7-13)5-4-6-12(11)9(2)8-14/h4-6,8-9H,3,7H2,1-2H3. The third-order valence-corrected chi connectivity index (χ3v) is 2.79. The SMILES string of the molecule is CCc1c(CCl)cccc1C(C)C=O. The highest BCUT2D eigenvalue weighted by atomic mass is 35.5. The minimum atomic E-state index is -0.0342. The lowest BCUT2D eigenvalue weighted by molar-refractivity contribution is -0.108. The molecule has 0 aliphatic rings. The summed E-state index contributed by atoms with van der Waals surface area (Å²) >= 11 is 5.84. The second-order valence-electron chi connectivity index (χ2n) is 3.40. The lowest BCUT2D eigenvalue weighted by atomic mass is 9.92. The predicted molar refractivity (Wildman–Crippen MR) is 59.9 cm³/mol. The van der Waals surface area contributed by atoms with E-state index in [4.69, 9.17) is 11.6 Å². The van der Waals surface area contributed by atoms with Crippen LogP contribution in [0.3, 0.4) is 0 Å². The molecular weight excluding hydrogens is 196 g/mol. The fraction of sp³-hybridized carbons (Fsp3) is 0.417. The third kappa shape index (κ3) is 2.16. The van der Waals surface area contributed by atoms with Crippen molar-refractivity contribution in [3.8, 4) is 0 Å². The fourth-order valence-electron chi connectivity index (χ4n) is 1.71. The van der Waals surface area contributed by atoms with Crippen LogP contribution in [0.1, 0.15) is 36.5 Å². The Morgan fingerprint density at radius 3 is 2.71 bits per heavy atom. The molecule has 76 valence electrons. The number of aldehydes is 1. The van der Waals surface area contributed by atoms with Crippen LogP contribution in [-0.2, 0) is 17.1 Å². The second kappa shape index (κ2) is 5.16. The van der Waals surface area contributed by atoms with Gasteiger partial charge in [0.05, 0.1) is 0 Å². The number of alkyl halides is 1. The summed E-state index contributed by atoms with van der Waals surface area (Å²) in [6.07, 6.45) is 1.91. The Morgan fingerprint density at radius 1 is 1.50 bits per heavy atom. The predicted octanol–water partition coefficient (Wildman–Crippen LogP) is 3.29. The van der Waals surface area contributed by atoms with Crippen LogP contribution in [0, 0.1) is 0 Å². The molecule has 1 atom stereocenters. The molecule has 0 fully saturated rings. The van der Waals surface area contributed by atoms with E-state index >= 15 is 0 Å². The maximum Gasteiger partial charge on any atom is 0.127 e. The molecule has 2 heteroatoms. The molecule has 0 radical (unpaired) electrons. The van der Waals surface area contributed by atoms with E-state index in [0.717, 1.165) is 23.8 Å². The molecule has 0 saturated heterocycles. The monoisotopic (exact) mass is 210 g/mol. The number of hydrogen-bond acceptors (Lipinski definition) is 1. The van der Waals surface area contributed by atoms with Crippen molar-refractivity contribution in [3.63, 3.8) is 0 Å². The Bertz CT molecular complexity index is 320. The van der Waals surface area contributed by atoms with E-state index < -0.39 is 0 Å². The van der Waals surface area contributed by atoms with E-state index in [1.54, 1.807) is 0 Å². The first-order valence-corrected chi connectivity index (χ1v) is 5.40. The van der Waals surface area contributed by atoms with Gasteiger partial charge in [0.1, 0.15) is 6.29 Å². The van der Waals surface area contributed by atoms with Crippen LogP contribution >= 0.6 is 11.6 Å². The number of carbonyl (C=O) groups is 1. The zero-order valence-corrected chi connectivity index (χ0v) is 9.34. The number of rotatable bonds is 4. The Kier molecular flexibility index (Phi) is 4.15. The maximum atomic E-state index is 10.7. The van der Waals surface area contributed by atoms with Crippen molar-refractivity contribution in [2.45, 2.75) is 32.1 Å². The van der Waals surface area contributed by atoms with Gasteiger partial charge in [0.25, 0.3) is 0 Å². The lowest BCUT2D eigenvalue weighted by Crippen LogP contribution is -2.02. The van der Waals surface area contributed by atoms with Gasteiger partial charge in [0, 0.05) is 11.8 Å². The second-order valence-corrected chi connectivity index (χ2v) is 3.66. The molecular formula is C12H15ClO. The normalized spacial score (nSPS) is 12.5. The molecule has 0 amide bonds. The summed E-state index contributed by atoms with van der Waals surface area (Å²) in [6.45, 7) is 4.01. The van der Waals surface area contributed by atoms with Gasteiger partial charge in [-0.2, -0.15) is 0 Å². The Morgan fingerprint density at radius 2 is 2.21 bits per heavy atom. The minimum Gasteiger partial charge on any atom is -0.303 e. The highest BCUT2D eigenvalue weighted by Gasteiger charge is 2.11. The maximum absolute atomic E-state index is 10.7. The van der Waals surface area contributed by atoms with Gasteiger partial charge in [-0.05, 0) is 23.1 Å². The Balaban J connectivity index is 3.21. The van der Waals surface area contributed by atoms with Crippen molar-refractivity contribution in [2.75, 3.05) is 0 Å². The average Bonchev–Trinajstić information content (AvgIpc) is 2.26. The van der Waals surface area contributed by atoms with E-state index in [1.807, 2.05) is 25.1 Å². The summed E-state index contributed by atoms with van der Waals surface area (Å²) in [4.78, 5) is 10.7. The quantitative estimate of drug-likeness (QED) is 0.551. The van der Waals surface area contributed by atoms with Crippen LogP contribution < -0.4 is 0 Å². The van der Waals surface area contributed by atoms with Gasteiger partial charge in [-0.15, -0.1) is 11.6 Å². The smallest absolute Gasteiger partial charge is 0.127 e. The molecule has 0 bridgehead atoms. The molecule has 1 aromatic carbocycles. The van der Waals surface area contributed by atoms with Crippen LogP contribution in [0.4, 0.5) is 0 Å². The van der Waals surface area contributed by atoms with Gasteiger partial charge in [-0.3, -0.25) is 0 Å². The lowest BCUT2D eigenvalue weighted by Gasteiger charge is -2.13. The van der Waals surface area contributed by atoms with Crippen molar-refractivity contribution in [1.82, 2.24) is 0 Å². The molecule has 14 heavy (non-hydrogen) atoms. The zero-order valence-electron chi connectivity index (χ0n) is 8.59. The molecule has 0 aromatic heterocycles. The first-order valence-electron chi connectivity index (χ1n) is 4.86. The van der Waals surface area contributed by atoms with Gasteiger partial charge in [-0.25, -0.2) is 0 Å². The largest absolute Gasteiger partial charge is 0.303 e. The number of carbonyl (C=O) groups excluding carboxylic acids is 1. The van der Waals surface area contributed by atoms with Crippen molar-refractivity contribution < 1.29 is 4.79 Å². The highest BCUT2D eigenvalue weighted by molar-refractivity contribution is 6.17. The molecule has 0 aliphatic carbocycles. The van der Waals surface area contributed by atoms with Crippen molar-refractivity contribution >= 4 is 17.9 Å². The highest BCUT2D eigenvalue weighted by Crippen LogP contribution is 2.23. The summed E-state index contributed by atoms with van der Waals surface area (Å²) < 4.78 is 0. The molecule has 1 aromatic rings. The van der Waals surface area contributed by atoms with E-state index in [9.17, 15) is 4.79 Å². The van der Waals surface area contributed by atoms with Crippen molar-refractivity contribution in [3.05, 3.63) is 34.9 Å². The van der Waals surface area contributed by atoms with Crippen LogP contribution in [0.25, 0.3) is 0 Å². The van der Waals surface area contributed by atoms with Crippen LogP contribution in [0.2, 0.25) is 0 Å². The molecule has 0 N–H and O–H groups in total. The zero-order chi connectivity index (χ0) is 10.6. The topological polar surface area (TPSA) is 17.1 Å².